The van der Waals surface area contributed by atoms with E-state index in [0.717, 1.165) is 12.8 Å². The third-order valence-electron chi connectivity index (χ3n) is 5.92. The number of aromatic nitrogens is 2. The molecule has 1 aliphatic heterocycles. The maximum Gasteiger partial charge on any atom is 0.317 e. The smallest absolute Gasteiger partial charge is 0.317 e. The van der Waals surface area contributed by atoms with Crippen LogP contribution in [0.5, 0.6) is 0 Å². The first-order valence-corrected chi connectivity index (χ1v) is 10.3. The Labute approximate surface area is 154 Å². The highest BCUT2D eigenvalue weighted by atomic mass is 16.5. The van der Waals surface area contributed by atoms with Crippen molar-refractivity contribution in [2.24, 2.45) is 0 Å². The van der Waals surface area contributed by atoms with Gasteiger partial charge in [-0.1, -0.05) is 37.3 Å². The number of carbonyl (C=O) groups is 1. The molecular formula is C19H30N4O3. The van der Waals surface area contributed by atoms with Gasteiger partial charge in [0.05, 0.1) is 18.6 Å². The Bertz CT molecular complexity index is 587. The molecule has 0 unspecified atom stereocenters. The van der Waals surface area contributed by atoms with Crippen LogP contribution in [0.3, 0.4) is 0 Å². The lowest BCUT2D eigenvalue weighted by atomic mass is 9.95. The van der Waals surface area contributed by atoms with Gasteiger partial charge < -0.3 is 19.5 Å². The summed E-state index contributed by atoms with van der Waals surface area (Å²) in [7, 11) is 0. The molecule has 2 aliphatic carbocycles. The summed E-state index contributed by atoms with van der Waals surface area (Å²) in [5.74, 6) is 1.54. The minimum absolute atomic E-state index is 0.0536. The fraction of sp³-hybridized carbons (Fsp3) is 0.842. The Morgan fingerprint density at radius 1 is 1.12 bits per heavy atom. The Morgan fingerprint density at radius 3 is 2.62 bits per heavy atom. The zero-order valence-corrected chi connectivity index (χ0v) is 15.5. The van der Waals surface area contributed by atoms with Crippen LogP contribution in [-0.4, -0.2) is 52.9 Å². The number of amides is 2. The highest BCUT2D eigenvalue weighted by Gasteiger charge is 2.36. The molecule has 0 aromatic carbocycles. The van der Waals surface area contributed by atoms with Crippen LogP contribution in [0.1, 0.15) is 75.4 Å². The van der Waals surface area contributed by atoms with Crippen LogP contribution in [0.15, 0.2) is 4.52 Å². The molecular weight excluding hydrogens is 332 g/mol. The van der Waals surface area contributed by atoms with Gasteiger partial charge in [-0.05, 0) is 25.7 Å². The summed E-state index contributed by atoms with van der Waals surface area (Å²) in [5, 5.41) is 7.22. The molecule has 1 aromatic rings. The van der Waals surface area contributed by atoms with E-state index in [1.165, 1.54) is 44.9 Å². The van der Waals surface area contributed by atoms with Crippen molar-refractivity contribution in [1.29, 1.82) is 0 Å². The molecule has 1 saturated heterocycles. The molecule has 0 spiro atoms. The number of urea groups is 1. The third-order valence-corrected chi connectivity index (χ3v) is 5.92. The van der Waals surface area contributed by atoms with Crippen molar-refractivity contribution < 1.29 is 14.1 Å². The second-order valence-corrected chi connectivity index (χ2v) is 7.96. The molecule has 2 heterocycles. The van der Waals surface area contributed by atoms with Crippen LogP contribution in [0.4, 0.5) is 4.79 Å². The number of likely N-dealkylation sites (tertiary alicyclic amines) is 1. The van der Waals surface area contributed by atoms with Gasteiger partial charge in [0.25, 0.3) is 0 Å². The van der Waals surface area contributed by atoms with E-state index in [4.69, 9.17) is 9.26 Å². The molecule has 1 aromatic heterocycles. The van der Waals surface area contributed by atoms with Gasteiger partial charge in [-0.25, -0.2) is 4.79 Å². The SMILES string of the molecule is O=C(NC1CCCCC1)N1CC(c2nc(CCOC3CCCC3)no2)C1. The summed E-state index contributed by atoms with van der Waals surface area (Å²) in [6.07, 6.45) is 12.0. The average Bonchev–Trinajstić information content (AvgIpc) is 3.27. The molecule has 2 amide bonds. The molecule has 2 saturated carbocycles. The summed E-state index contributed by atoms with van der Waals surface area (Å²) in [6.45, 7) is 1.99. The fourth-order valence-corrected chi connectivity index (χ4v) is 4.22. The van der Waals surface area contributed by atoms with Gasteiger partial charge in [-0.2, -0.15) is 4.98 Å². The number of nitrogens with zero attached hydrogens (tertiary/aromatic N) is 3. The van der Waals surface area contributed by atoms with Crippen molar-refractivity contribution in [3.63, 3.8) is 0 Å². The molecule has 0 atom stereocenters. The molecule has 7 heteroatoms. The van der Waals surface area contributed by atoms with Crippen molar-refractivity contribution in [2.45, 2.75) is 82.3 Å². The van der Waals surface area contributed by atoms with Crippen LogP contribution in [0, 0.1) is 0 Å². The normalized spacial score (nSPS) is 22.5. The van der Waals surface area contributed by atoms with E-state index in [-0.39, 0.29) is 11.9 Å². The van der Waals surface area contributed by atoms with E-state index in [0.29, 0.717) is 50.0 Å². The predicted octanol–water partition coefficient (Wildman–Crippen LogP) is 3.01. The number of carbonyl (C=O) groups excluding carboxylic acids is 1. The van der Waals surface area contributed by atoms with Gasteiger partial charge in [0.2, 0.25) is 5.89 Å². The lowest BCUT2D eigenvalue weighted by Crippen LogP contribution is -2.54. The van der Waals surface area contributed by atoms with Crippen molar-refractivity contribution >= 4 is 6.03 Å². The van der Waals surface area contributed by atoms with Crippen LogP contribution >= 0.6 is 0 Å². The van der Waals surface area contributed by atoms with Gasteiger partial charge in [0.15, 0.2) is 5.82 Å². The number of hydrogen-bond donors (Lipinski definition) is 1. The van der Waals surface area contributed by atoms with Crippen LogP contribution in [0.25, 0.3) is 0 Å². The minimum Gasteiger partial charge on any atom is -0.378 e. The largest absolute Gasteiger partial charge is 0.378 e. The average molecular weight is 362 g/mol. The molecule has 0 bridgehead atoms. The maximum atomic E-state index is 12.3. The number of rotatable bonds is 6. The third kappa shape index (κ3) is 4.37. The predicted molar refractivity (Wildman–Crippen MR) is 95.9 cm³/mol. The number of hydrogen-bond acceptors (Lipinski definition) is 5. The molecule has 4 rings (SSSR count). The van der Waals surface area contributed by atoms with Crippen LogP contribution in [-0.2, 0) is 11.2 Å². The standard InChI is InChI=1S/C19H30N4O3/c24-19(20-15-6-2-1-3-7-15)23-12-14(13-23)18-21-17(22-26-18)10-11-25-16-8-4-5-9-16/h14-16H,1-13H2,(H,20,24). The van der Waals surface area contributed by atoms with Crippen LogP contribution < -0.4 is 5.32 Å². The van der Waals surface area contributed by atoms with Crippen molar-refractivity contribution in [2.75, 3.05) is 19.7 Å². The van der Waals surface area contributed by atoms with Crippen LogP contribution in [0.2, 0.25) is 0 Å². The Balaban J connectivity index is 1.17. The molecule has 3 aliphatic rings. The maximum absolute atomic E-state index is 12.3. The second kappa shape index (κ2) is 8.37. The lowest BCUT2D eigenvalue weighted by molar-refractivity contribution is 0.0596. The van der Waals surface area contributed by atoms with E-state index in [1.807, 2.05) is 4.90 Å². The molecule has 144 valence electrons. The highest BCUT2D eigenvalue weighted by Crippen LogP contribution is 2.26. The Morgan fingerprint density at radius 2 is 1.85 bits per heavy atom. The Hall–Kier alpha value is -1.63. The number of ether oxygens (including phenoxy) is 1. The van der Waals surface area contributed by atoms with E-state index in [2.05, 4.69) is 15.5 Å². The zero-order chi connectivity index (χ0) is 17.8. The first-order chi connectivity index (χ1) is 12.8. The molecule has 0 radical (unpaired) electrons. The quantitative estimate of drug-likeness (QED) is 0.841. The Kier molecular flexibility index (Phi) is 5.72. The summed E-state index contributed by atoms with van der Waals surface area (Å²) in [6, 6.07) is 0.406. The first kappa shape index (κ1) is 17.8. The van der Waals surface area contributed by atoms with Gasteiger partial charge in [0, 0.05) is 25.6 Å². The van der Waals surface area contributed by atoms with Crippen molar-refractivity contribution in [3.05, 3.63) is 11.7 Å². The summed E-state index contributed by atoms with van der Waals surface area (Å²) < 4.78 is 11.2. The van der Waals surface area contributed by atoms with E-state index < -0.39 is 0 Å². The summed E-state index contributed by atoms with van der Waals surface area (Å²) in [4.78, 5) is 18.6. The second-order valence-electron chi connectivity index (χ2n) is 7.96. The molecule has 26 heavy (non-hydrogen) atoms. The van der Waals surface area contributed by atoms with Crippen molar-refractivity contribution in [1.82, 2.24) is 20.4 Å². The summed E-state index contributed by atoms with van der Waals surface area (Å²) in [5.41, 5.74) is 0. The summed E-state index contributed by atoms with van der Waals surface area (Å²) >= 11 is 0. The van der Waals surface area contributed by atoms with Gasteiger partial charge in [-0.15, -0.1) is 0 Å². The lowest BCUT2D eigenvalue weighted by Gasteiger charge is -2.38. The highest BCUT2D eigenvalue weighted by molar-refractivity contribution is 5.75. The minimum atomic E-state index is 0.0536. The van der Waals surface area contributed by atoms with E-state index >= 15 is 0 Å². The topological polar surface area (TPSA) is 80.5 Å². The first-order valence-electron chi connectivity index (χ1n) is 10.3. The monoisotopic (exact) mass is 362 g/mol. The van der Waals surface area contributed by atoms with Gasteiger partial charge in [-0.3, -0.25) is 0 Å². The number of nitrogens with one attached hydrogen (secondary N) is 1. The zero-order valence-electron chi connectivity index (χ0n) is 15.5. The van der Waals surface area contributed by atoms with Crippen molar-refractivity contribution in [3.8, 4) is 0 Å². The van der Waals surface area contributed by atoms with E-state index in [9.17, 15) is 4.79 Å². The molecule has 1 N–H and O–H groups in total. The van der Waals surface area contributed by atoms with E-state index in [1.54, 1.807) is 0 Å². The molecule has 7 nitrogen and oxygen atoms in total. The molecule has 3 fully saturated rings. The van der Waals surface area contributed by atoms with Gasteiger partial charge >= 0.3 is 6.03 Å². The fourth-order valence-electron chi connectivity index (χ4n) is 4.22. The van der Waals surface area contributed by atoms with Gasteiger partial charge in [0.1, 0.15) is 0 Å².